The second kappa shape index (κ2) is 4.93. The number of H-pyrrole nitrogens is 1. The van der Waals surface area contributed by atoms with Crippen LogP contribution < -0.4 is 11.1 Å². The van der Waals surface area contributed by atoms with Crippen molar-refractivity contribution in [3.05, 3.63) is 35.8 Å². The van der Waals surface area contributed by atoms with Crippen LogP contribution in [0.4, 0.5) is 30.5 Å². The SMILES string of the molecule is Nc1n[nH]c2nc(Nc3cccc(C(F)F)c3F)cnc12. The van der Waals surface area contributed by atoms with Gasteiger partial charge < -0.3 is 11.1 Å². The normalized spacial score (nSPS) is 11.2. The van der Waals surface area contributed by atoms with E-state index in [0.717, 1.165) is 6.07 Å². The maximum Gasteiger partial charge on any atom is 0.266 e. The lowest BCUT2D eigenvalue weighted by Gasteiger charge is -2.09. The third-order valence-electron chi connectivity index (χ3n) is 2.82. The van der Waals surface area contributed by atoms with Crippen molar-refractivity contribution in [1.29, 1.82) is 0 Å². The van der Waals surface area contributed by atoms with E-state index in [2.05, 4.69) is 25.5 Å². The fraction of sp³-hybridized carbons (Fsp3) is 0.0833. The topological polar surface area (TPSA) is 92.5 Å². The number of nitrogens with zero attached hydrogens (tertiary/aromatic N) is 3. The standard InChI is InChI=1S/C12H9F3N6/c13-8-5(10(14)15)2-1-3-6(8)18-7-4-17-9-11(16)20-21-12(9)19-7/h1-4,10H,(H4,16,18,19,20,21). The molecule has 0 aliphatic carbocycles. The van der Waals surface area contributed by atoms with Gasteiger partial charge in [-0.3, -0.25) is 5.10 Å². The van der Waals surface area contributed by atoms with Gasteiger partial charge in [0.15, 0.2) is 28.6 Å². The van der Waals surface area contributed by atoms with Gasteiger partial charge in [0.2, 0.25) is 0 Å². The van der Waals surface area contributed by atoms with E-state index in [0.29, 0.717) is 11.2 Å². The molecule has 2 aromatic heterocycles. The summed E-state index contributed by atoms with van der Waals surface area (Å²) in [6.45, 7) is 0. The Balaban J connectivity index is 1.96. The van der Waals surface area contributed by atoms with E-state index in [1.807, 2.05) is 0 Å². The molecule has 0 amide bonds. The number of nitrogen functional groups attached to an aromatic ring is 1. The Morgan fingerprint density at radius 2 is 2.10 bits per heavy atom. The van der Waals surface area contributed by atoms with Crippen LogP contribution in [0.25, 0.3) is 11.2 Å². The summed E-state index contributed by atoms with van der Waals surface area (Å²) in [6.07, 6.45) is -1.59. The van der Waals surface area contributed by atoms with Gasteiger partial charge in [0.1, 0.15) is 0 Å². The highest BCUT2D eigenvalue weighted by Gasteiger charge is 2.16. The largest absolute Gasteiger partial charge is 0.380 e. The number of fused-ring (bicyclic) bond motifs is 1. The Morgan fingerprint density at radius 3 is 2.86 bits per heavy atom. The lowest BCUT2D eigenvalue weighted by atomic mass is 10.2. The zero-order valence-electron chi connectivity index (χ0n) is 10.4. The van der Waals surface area contributed by atoms with Gasteiger partial charge in [-0.15, -0.1) is 0 Å². The van der Waals surface area contributed by atoms with Gasteiger partial charge in [0.25, 0.3) is 6.43 Å². The van der Waals surface area contributed by atoms with Gasteiger partial charge >= 0.3 is 0 Å². The van der Waals surface area contributed by atoms with Gasteiger partial charge in [0.05, 0.1) is 17.4 Å². The quantitative estimate of drug-likeness (QED) is 0.690. The van der Waals surface area contributed by atoms with Crippen LogP contribution in [0.5, 0.6) is 0 Å². The fourth-order valence-corrected chi connectivity index (χ4v) is 1.83. The first-order valence-electron chi connectivity index (χ1n) is 5.86. The average Bonchev–Trinajstić information content (AvgIpc) is 2.82. The molecule has 6 nitrogen and oxygen atoms in total. The summed E-state index contributed by atoms with van der Waals surface area (Å²) in [5, 5.41) is 8.88. The Hall–Kier alpha value is -2.84. The van der Waals surface area contributed by atoms with E-state index >= 15 is 0 Å². The number of aromatic amines is 1. The smallest absolute Gasteiger partial charge is 0.266 e. The third-order valence-corrected chi connectivity index (χ3v) is 2.82. The van der Waals surface area contributed by atoms with Gasteiger partial charge in [-0.05, 0) is 6.07 Å². The molecule has 0 unspecified atom stereocenters. The van der Waals surface area contributed by atoms with Gasteiger partial charge in [-0.1, -0.05) is 12.1 Å². The number of halogens is 3. The Kier molecular flexibility index (Phi) is 3.09. The molecular formula is C12H9F3N6. The van der Waals surface area contributed by atoms with Crippen molar-refractivity contribution in [3.8, 4) is 0 Å². The fourth-order valence-electron chi connectivity index (χ4n) is 1.83. The van der Waals surface area contributed by atoms with Gasteiger partial charge in [0, 0.05) is 0 Å². The molecule has 0 aliphatic rings. The van der Waals surface area contributed by atoms with Crippen LogP contribution in [0.3, 0.4) is 0 Å². The molecule has 0 radical (unpaired) electrons. The second-order valence-corrected chi connectivity index (χ2v) is 4.20. The van der Waals surface area contributed by atoms with E-state index in [9.17, 15) is 13.2 Å². The van der Waals surface area contributed by atoms with E-state index in [1.54, 1.807) is 0 Å². The van der Waals surface area contributed by atoms with Crippen molar-refractivity contribution in [2.24, 2.45) is 0 Å². The zero-order valence-corrected chi connectivity index (χ0v) is 10.4. The van der Waals surface area contributed by atoms with Crippen LogP contribution in [0.1, 0.15) is 12.0 Å². The minimum absolute atomic E-state index is 0.117. The molecular weight excluding hydrogens is 285 g/mol. The number of alkyl halides is 2. The van der Waals surface area contributed by atoms with Gasteiger partial charge in [-0.2, -0.15) is 5.10 Å². The van der Waals surface area contributed by atoms with Gasteiger partial charge in [-0.25, -0.2) is 23.1 Å². The first-order chi connectivity index (χ1) is 10.1. The summed E-state index contributed by atoms with van der Waals surface area (Å²) < 4.78 is 39.2. The lowest BCUT2D eigenvalue weighted by Crippen LogP contribution is -2.00. The summed E-state index contributed by atoms with van der Waals surface area (Å²) in [7, 11) is 0. The summed E-state index contributed by atoms with van der Waals surface area (Å²) in [5.41, 5.74) is 5.44. The Morgan fingerprint density at radius 1 is 1.29 bits per heavy atom. The predicted octanol–water partition coefficient (Wildman–Crippen LogP) is 2.76. The highest BCUT2D eigenvalue weighted by Crippen LogP contribution is 2.28. The predicted molar refractivity (Wildman–Crippen MR) is 70.7 cm³/mol. The molecule has 0 aliphatic heterocycles. The Bertz CT molecular complexity index is 801. The number of nitrogens with two attached hydrogens (primary N) is 1. The molecule has 0 fully saturated rings. The molecule has 3 aromatic rings. The monoisotopic (exact) mass is 294 g/mol. The van der Waals surface area contributed by atoms with Crippen LogP contribution in [-0.2, 0) is 0 Å². The highest BCUT2D eigenvalue weighted by atomic mass is 19.3. The van der Waals surface area contributed by atoms with Crippen LogP contribution in [0.2, 0.25) is 0 Å². The number of benzene rings is 1. The van der Waals surface area contributed by atoms with E-state index in [-0.39, 0.29) is 17.3 Å². The molecule has 1 aromatic carbocycles. The second-order valence-electron chi connectivity index (χ2n) is 4.20. The molecule has 3 rings (SSSR count). The molecule has 9 heteroatoms. The van der Waals surface area contributed by atoms with Crippen LogP contribution in [0.15, 0.2) is 24.4 Å². The number of hydrogen-bond acceptors (Lipinski definition) is 5. The summed E-state index contributed by atoms with van der Waals surface area (Å²) in [4.78, 5) is 8.09. The summed E-state index contributed by atoms with van der Waals surface area (Å²) >= 11 is 0. The molecule has 0 atom stereocenters. The third kappa shape index (κ3) is 2.33. The van der Waals surface area contributed by atoms with Crippen molar-refractivity contribution in [1.82, 2.24) is 20.2 Å². The highest BCUT2D eigenvalue weighted by molar-refractivity contribution is 5.82. The van der Waals surface area contributed by atoms with Crippen molar-refractivity contribution < 1.29 is 13.2 Å². The first-order valence-corrected chi connectivity index (χ1v) is 5.86. The molecule has 4 N–H and O–H groups in total. The number of hydrogen-bond donors (Lipinski definition) is 3. The molecule has 21 heavy (non-hydrogen) atoms. The first kappa shape index (κ1) is 13.2. The minimum atomic E-state index is -2.90. The molecule has 0 spiro atoms. The lowest BCUT2D eigenvalue weighted by molar-refractivity contribution is 0.146. The molecule has 0 bridgehead atoms. The summed E-state index contributed by atoms with van der Waals surface area (Å²) in [5.74, 6) is -0.662. The van der Waals surface area contributed by atoms with Crippen molar-refractivity contribution in [3.63, 3.8) is 0 Å². The van der Waals surface area contributed by atoms with Crippen molar-refractivity contribution in [2.45, 2.75) is 6.43 Å². The molecule has 2 heterocycles. The van der Waals surface area contributed by atoms with Crippen LogP contribution in [-0.4, -0.2) is 20.2 Å². The number of aromatic nitrogens is 4. The van der Waals surface area contributed by atoms with E-state index in [1.165, 1.54) is 18.3 Å². The molecule has 108 valence electrons. The average molecular weight is 294 g/mol. The van der Waals surface area contributed by atoms with Crippen LogP contribution in [0, 0.1) is 5.82 Å². The van der Waals surface area contributed by atoms with Crippen molar-refractivity contribution >= 4 is 28.5 Å². The van der Waals surface area contributed by atoms with E-state index < -0.39 is 17.8 Å². The van der Waals surface area contributed by atoms with Crippen molar-refractivity contribution in [2.75, 3.05) is 11.1 Å². The molecule has 0 saturated carbocycles. The van der Waals surface area contributed by atoms with Crippen LogP contribution >= 0.6 is 0 Å². The van der Waals surface area contributed by atoms with E-state index in [4.69, 9.17) is 5.73 Å². The summed E-state index contributed by atoms with van der Waals surface area (Å²) in [6, 6.07) is 3.68. The molecule has 0 saturated heterocycles. The number of anilines is 3. The maximum atomic E-state index is 13.9. The number of rotatable bonds is 3. The Labute approximate surface area is 116 Å². The minimum Gasteiger partial charge on any atom is -0.380 e. The number of nitrogens with one attached hydrogen (secondary N) is 2. The zero-order chi connectivity index (χ0) is 15.0. The maximum absolute atomic E-state index is 13.9.